The van der Waals surface area contributed by atoms with E-state index in [4.69, 9.17) is 4.98 Å². The van der Waals surface area contributed by atoms with Crippen LogP contribution in [0.25, 0.3) is 20.8 Å². The van der Waals surface area contributed by atoms with Crippen LogP contribution in [0.5, 0.6) is 0 Å². The molecule has 39 heavy (non-hydrogen) atoms. The smallest absolute Gasteiger partial charge is 0.407 e. The van der Waals surface area contributed by atoms with Crippen LogP contribution in [-0.4, -0.2) is 70.9 Å². The number of benzene rings is 1. The van der Waals surface area contributed by atoms with E-state index in [1.807, 2.05) is 24.3 Å². The number of pyridine rings is 1. The van der Waals surface area contributed by atoms with E-state index in [0.29, 0.717) is 12.1 Å². The van der Waals surface area contributed by atoms with Crippen molar-refractivity contribution in [3.8, 4) is 10.6 Å². The lowest BCUT2D eigenvalue weighted by Crippen LogP contribution is -2.72. The molecular weight excluding hydrogens is 512 g/mol. The number of amides is 1. The maximum atomic E-state index is 13.7. The molecule has 1 spiro atoms. The van der Waals surface area contributed by atoms with E-state index in [0.717, 1.165) is 78.6 Å². The van der Waals surface area contributed by atoms with Gasteiger partial charge in [0.2, 0.25) is 0 Å². The van der Waals surface area contributed by atoms with Gasteiger partial charge in [0.1, 0.15) is 10.8 Å². The molecular formula is C29H38N6O3S. The summed E-state index contributed by atoms with van der Waals surface area (Å²) in [5, 5.41) is 17.6. The molecule has 6 rings (SSSR count). The average molecular weight is 551 g/mol. The highest BCUT2D eigenvalue weighted by Crippen LogP contribution is 2.53. The zero-order chi connectivity index (χ0) is 27.4. The lowest BCUT2D eigenvalue weighted by molar-refractivity contribution is -0.119. The standard InChI is InChI=1S/C29H38N6O3S/c1-28(2,3)26-29(17-35(26)27(37)38)10-13-34(14-11-29)22-15-20(31-18-7-6-12-30-16-18)23(24(36)33-22)25-32-19-8-4-5-9-21(19)39-25/h4-5,8-9,15,18,26,30H,6-7,10-14,16-17H2,1-3H3,(H,37,38)(H2,31,33,36)/t18-,26?/m1/s1. The number of carboxylic acid groups (broad SMARTS) is 1. The van der Waals surface area contributed by atoms with E-state index in [-0.39, 0.29) is 28.5 Å². The molecule has 3 aliphatic rings. The number of aromatic nitrogens is 2. The lowest BCUT2D eigenvalue weighted by Gasteiger charge is -2.63. The molecule has 208 valence electrons. The Hall–Kier alpha value is -3.11. The summed E-state index contributed by atoms with van der Waals surface area (Å²) < 4.78 is 1.06. The minimum absolute atomic E-state index is 0.00106. The van der Waals surface area contributed by atoms with Crippen LogP contribution in [0.15, 0.2) is 35.1 Å². The topological polar surface area (TPSA) is 114 Å². The number of hydrogen-bond acceptors (Lipinski definition) is 7. The van der Waals surface area contributed by atoms with Crippen molar-refractivity contribution in [1.29, 1.82) is 0 Å². The number of aromatic amines is 1. The first-order valence-corrected chi connectivity index (χ1v) is 14.8. The summed E-state index contributed by atoms with van der Waals surface area (Å²) in [5.41, 5.74) is 2.06. The summed E-state index contributed by atoms with van der Waals surface area (Å²) in [6.07, 6.45) is 3.12. The molecule has 3 fully saturated rings. The van der Waals surface area contributed by atoms with Crippen molar-refractivity contribution in [2.75, 3.05) is 42.9 Å². The largest absolute Gasteiger partial charge is 0.465 e. The van der Waals surface area contributed by atoms with Gasteiger partial charge >= 0.3 is 6.09 Å². The van der Waals surface area contributed by atoms with E-state index in [1.165, 1.54) is 0 Å². The SMILES string of the molecule is CC(C)(C)C1N(C(=O)O)CC12CCN(c1cc(N[C@@H]3CCCNC3)c(-c3nc4ccccc4s3)c(=O)[nH]1)CC2. The van der Waals surface area contributed by atoms with Gasteiger partial charge in [-0.2, -0.15) is 0 Å². The second-order valence-corrected chi connectivity index (χ2v) is 13.5. The summed E-state index contributed by atoms with van der Waals surface area (Å²) in [4.78, 5) is 37.4. The number of para-hydroxylation sites is 1. The Bertz CT molecular complexity index is 1400. The first-order valence-electron chi connectivity index (χ1n) is 14.0. The molecule has 0 bridgehead atoms. The number of carbonyl (C=O) groups is 1. The number of fused-ring (bicyclic) bond motifs is 1. The predicted octanol–water partition coefficient (Wildman–Crippen LogP) is 4.81. The predicted molar refractivity (Wildman–Crippen MR) is 157 cm³/mol. The number of H-pyrrole nitrogens is 1. The van der Waals surface area contributed by atoms with Crippen molar-refractivity contribution in [3.05, 3.63) is 40.7 Å². The van der Waals surface area contributed by atoms with Crippen LogP contribution in [0.4, 0.5) is 16.3 Å². The Morgan fingerprint density at radius 3 is 2.67 bits per heavy atom. The van der Waals surface area contributed by atoms with Gasteiger partial charge < -0.3 is 30.5 Å². The van der Waals surface area contributed by atoms with Crippen molar-refractivity contribution in [1.82, 2.24) is 20.2 Å². The van der Waals surface area contributed by atoms with Crippen LogP contribution in [-0.2, 0) is 0 Å². The maximum Gasteiger partial charge on any atom is 0.407 e. The van der Waals surface area contributed by atoms with E-state index in [2.05, 4.69) is 47.4 Å². The number of rotatable bonds is 4. The molecule has 5 heterocycles. The number of thiazole rings is 1. The van der Waals surface area contributed by atoms with Gasteiger partial charge in [0, 0.05) is 49.7 Å². The fourth-order valence-electron chi connectivity index (χ4n) is 7.14. The van der Waals surface area contributed by atoms with E-state index in [1.54, 1.807) is 16.2 Å². The van der Waals surface area contributed by atoms with Gasteiger partial charge in [-0.3, -0.25) is 4.79 Å². The molecule has 3 aliphatic heterocycles. The second-order valence-electron chi connectivity index (χ2n) is 12.5. The molecule has 2 aromatic heterocycles. The highest BCUT2D eigenvalue weighted by Gasteiger charge is 2.59. The molecule has 1 unspecified atom stereocenters. The third-order valence-electron chi connectivity index (χ3n) is 8.73. The third kappa shape index (κ3) is 4.78. The quantitative estimate of drug-likeness (QED) is 0.369. The number of likely N-dealkylation sites (tertiary alicyclic amines) is 1. The molecule has 3 aromatic rings. The summed E-state index contributed by atoms with van der Waals surface area (Å²) >= 11 is 1.54. The molecule has 4 N–H and O–H groups in total. The highest BCUT2D eigenvalue weighted by molar-refractivity contribution is 7.21. The summed E-state index contributed by atoms with van der Waals surface area (Å²) in [6.45, 7) is 10.4. The minimum atomic E-state index is -0.828. The number of nitrogens with zero attached hydrogens (tertiary/aromatic N) is 3. The van der Waals surface area contributed by atoms with Crippen molar-refractivity contribution in [2.24, 2.45) is 10.8 Å². The van der Waals surface area contributed by atoms with Gasteiger partial charge in [-0.1, -0.05) is 32.9 Å². The summed E-state index contributed by atoms with van der Waals surface area (Å²) in [6, 6.07) is 10.3. The number of hydrogen-bond donors (Lipinski definition) is 4. The Morgan fingerprint density at radius 1 is 1.23 bits per heavy atom. The number of piperidine rings is 2. The minimum Gasteiger partial charge on any atom is -0.465 e. The van der Waals surface area contributed by atoms with Gasteiger partial charge in [0.05, 0.1) is 21.5 Å². The average Bonchev–Trinajstić information content (AvgIpc) is 3.30. The lowest BCUT2D eigenvalue weighted by atomic mass is 9.58. The van der Waals surface area contributed by atoms with Crippen LogP contribution in [0.2, 0.25) is 0 Å². The molecule has 1 amide bonds. The molecule has 10 heteroatoms. The summed E-state index contributed by atoms with van der Waals surface area (Å²) in [5.74, 6) is 0.813. The molecule has 1 aromatic carbocycles. The Balaban J connectivity index is 1.30. The first-order chi connectivity index (χ1) is 18.6. The third-order valence-corrected chi connectivity index (χ3v) is 9.78. The fraction of sp³-hybridized carbons (Fsp3) is 0.552. The normalized spacial score (nSPS) is 23.2. The monoisotopic (exact) mass is 550 g/mol. The maximum absolute atomic E-state index is 13.7. The molecule has 3 saturated heterocycles. The highest BCUT2D eigenvalue weighted by atomic mass is 32.1. The van der Waals surface area contributed by atoms with E-state index < -0.39 is 6.09 Å². The van der Waals surface area contributed by atoms with Gasteiger partial charge in [0.15, 0.2) is 0 Å². The zero-order valence-electron chi connectivity index (χ0n) is 22.9. The molecule has 2 atom stereocenters. The molecule has 0 saturated carbocycles. The van der Waals surface area contributed by atoms with Gasteiger partial charge in [-0.05, 0) is 49.8 Å². The van der Waals surface area contributed by atoms with Crippen LogP contribution in [0, 0.1) is 10.8 Å². The fourth-order valence-corrected chi connectivity index (χ4v) is 8.16. The molecule has 0 radical (unpaired) electrons. The first kappa shape index (κ1) is 26.1. The van der Waals surface area contributed by atoms with Crippen molar-refractivity contribution in [3.63, 3.8) is 0 Å². The molecule has 9 nitrogen and oxygen atoms in total. The zero-order valence-corrected chi connectivity index (χ0v) is 23.7. The van der Waals surface area contributed by atoms with Crippen LogP contribution in [0.3, 0.4) is 0 Å². The number of nitrogens with one attached hydrogen (secondary N) is 3. The van der Waals surface area contributed by atoms with Crippen LogP contribution in [0.1, 0.15) is 46.5 Å². The van der Waals surface area contributed by atoms with Crippen LogP contribution < -0.4 is 21.1 Å². The second kappa shape index (κ2) is 9.82. The van der Waals surface area contributed by atoms with Crippen molar-refractivity contribution < 1.29 is 9.90 Å². The molecule has 0 aliphatic carbocycles. The van der Waals surface area contributed by atoms with Crippen molar-refractivity contribution in [2.45, 2.75) is 58.5 Å². The van der Waals surface area contributed by atoms with Gasteiger partial charge in [-0.25, -0.2) is 9.78 Å². The Kier molecular flexibility index (Phi) is 6.58. The van der Waals surface area contributed by atoms with Crippen LogP contribution >= 0.6 is 11.3 Å². The van der Waals surface area contributed by atoms with E-state index >= 15 is 0 Å². The van der Waals surface area contributed by atoms with E-state index in [9.17, 15) is 14.7 Å². The Morgan fingerprint density at radius 2 is 2.00 bits per heavy atom. The van der Waals surface area contributed by atoms with Gasteiger partial charge in [-0.15, -0.1) is 11.3 Å². The van der Waals surface area contributed by atoms with Crippen molar-refractivity contribution >= 4 is 39.2 Å². The summed E-state index contributed by atoms with van der Waals surface area (Å²) in [7, 11) is 0. The number of anilines is 2. The Labute approximate surface area is 232 Å². The van der Waals surface area contributed by atoms with Gasteiger partial charge in [0.25, 0.3) is 5.56 Å².